The molecule has 116 valence electrons. The molecule has 0 heterocycles. The highest BCUT2D eigenvalue weighted by Gasteiger charge is 2.09. The maximum absolute atomic E-state index is 6.05. The molecule has 0 saturated carbocycles. The molecule has 21 heavy (non-hydrogen) atoms. The summed E-state index contributed by atoms with van der Waals surface area (Å²) in [5.74, 6) is 0.500. The van der Waals surface area contributed by atoms with Crippen LogP contribution in [0.2, 0.25) is 0 Å². The van der Waals surface area contributed by atoms with Crippen molar-refractivity contribution in [2.75, 3.05) is 0 Å². The van der Waals surface area contributed by atoms with Gasteiger partial charge in [0.25, 0.3) is 0 Å². The van der Waals surface area contributed by atoms with Crippen LogP contribution in [0.3, 0.4) is 0 Å². The van der Waals surface area contributed by atoms with Gasteiger partial charge in [-0.3, -0.25) is 0 Å². The number of ether oxygens (including phenoxy) is 1. The Morgan fingerprint density at radius 3 is 2.48 bits per heavy atom. The summed E-state index contributed by atoms with van der Waals surface area (Å²) in [6.07, 6.45) is 6.69. The minimum atomic E-state index is 0.203. The van der Waals surface area contributed by atoms with Crippen LogP contribution in [0.5, 0.6) is 0 Å². The molecule has 0 radical (unpaired) electrons. The van der Waals surface area contributed by atoms with Crippen LogP contribution in [-0.2, 0) is 11.3 Å². The van der Waals surface area contributed by atoms with Crippen LogP contribution in [0.25, 0.3) is 0 Å². The number of hydrogen-bond acceptors (Lipinski definition) is 1. The van der Waals surface area contributed by atoms with Gasteiger partial charge in [0.1, 0.15) is 0 Å². The van der Waals surface area contributed by atoms with Crippen molar-refractivity contribution in [3.8, 4) is 0 Å². The van der Waals surface area contributed by atoms with Crippen LogP contribution in [0.4, 0.5) is 0 Å². The SMILES string of the molecule is CCC(OCc1ccccc1)C(C)=CCC(C)C=C(Br)Br. The fraction of sp³-hybridized carbons (Fsp3) is 0.444. The minimum Gasteiger partial charge on any atom is -0.369 e. The molecule has 0 N–H and O–H groups in total. The zero-order valence-electron chi connectivity index (χ0n) is 13.0. The Morgan fingerprint density at radius 2 is 1.90 bits per heavy atom. The van der Waals surface area contributed by atoms with Crippen molar-refractivity contribution in [3.05, 3.63) is 57.0 Å². The van der Waals surface area contributed by atoms with Gasteiger partial charge < -0.3 is 4.74 Å². The molecule has 1 aromatic rings. The van der Waals surface area contributed by atoms with Gasteiger partial charge in [0, 0.05) is 0 Å². The van der Waals surface area contributed by atoms with Crippen molar-refractivity contribution in [2.45, 2.75) is 46.3 Å². The predicted molar refractivity (Wildman–Crippen MR) is 98.8 cm³/mol. The highest BCUT2D eigenvalue weighted by Crippen LogP contribution is 2.20. The Hall–Kier alpha value is -0.380. The number of rotatable bonds is 8. The minimum absolute atomic E-state index is 0.203. The van der Waals surface area contributed by atoms with Gasteiger partial charge in [0.05, 0.1) is 16.1 Å². The van der Waals surface area contributed by atoms with Crippen LogP contribution < -0.4 is 0 Å². The van der Waals surface area contributed by atoms with E-state index in [9.17, 15) is 0 Å². The summed E-state index contributed by atoms with van der Waals surface area (Å²) in [5.41, 5.74) is 2.54. The van der Waals surface area contributed by atoms with Gasteiger partial charge in [-0.25, -0.2) is 0 Å². The smallest absolute Gasteiger partial charge is 0.0784 e. The molecule has 2 atom stereocenters. The van der Waals surface area contributed by atoms with Crippen molar-refractivity contribution in [1.29, 1.82) is 0 Å². The first-order valence-electron chi connectivity index (χ1n) is 7.38. The summed E-state index contributed by atoms with van der Waals surface area (Å²) in [5, 5.41) is 0. The summed E-state index contributed by atoms with van der Waals surface area (Å²) in [4.78, 5) is 0. The Labute approximate surface area is 145 Å². The van der Waals surface area contributed by atoms with Crippen LogP contribution >= 0.6 is 31.9 Å². The van der Waals surface area contributed by atoms with E-state index in [2.05, 4.69) is 89.0 Å². The second-order valence-electron chi connectivity index (χ2n) is 5.31. The molecule has 0 fully saturated rings. The second kappa shape index (κ2) is 10.4. The van der Waals surface area contributed by atoms with Crippen LogP contribution in [0, 0.1) is 5.92 Å². The van der Waals surface area contributed by atoms with E-state index >= 15 is 0 Å². The first kappa shape index (κ1) is 18.7. The highest BCUT2D eigenvalue weighted by atomic mass is 79.9. The van der Waals surface area contributed by atoms with Crippen molar-refractivity contribution in [1.82, 2.24) is 0 Å². The van der Waals surface area contributed by atoms with Gasteiger partial charge in [-0.05, 0) is 68.7 Å². The summed E-state index contributed by atoms with van der Waals surface area (Å²) in [6.45, 7) is 7.22. The molecule has 0 aliphatic rings. The van der Waals surface area contributed by atoms with Crippen molar-refractivity contribution in [2.24, 2.45) is 5.92 Å². The molecular weight excluding hydrogens is 392 g/mol. The van der Waals surface area contributed by atoms with Crippen LogP contribution in [-0.4, -0.2) is 6.10 Å². The van der Waals surface area contributed by atoms with Gasteiger partial charge in [0.15, 0.2) is 0 Å². The molecule has 0 aromatic heterocycles. The summed E-state index contributed by atoms with van der Waals surface area (Å²) in [6, 6.07) is 10.3. The Morgan fingerprint density at radius 1 is 1.24 bits per heavy atom. The topological polar surface area (TPSA) is 9.23 Å². The lowest BCUT2D eigenvalue weighted by atomic mass is 10.0. The third kappa shape index (κ3) is 7.98. The standard InChI is InChI=1S/C18H24Br2O/c1-4-17(21-13-16-8-6-5-7-9-16)15(3)11-10-14(2)12-18(19)20/h5-9,11-12,14,17H,4,10,13H2,1-3H3. The molecule has 2 unspecified atom stereocenters. The van der Waals surface area contributed by atoms with Gasteiger partial charge >= 0.3 is 0 Å². The molecular formula is C18H24Br2O. The van der Waals surface area contributed by atoms with Crippen LogP contribution in [0.15, 0.2) is 51.4 Å². The van der Waals surface area contributed by atoms with E-state index < -0.39 is 0 Å². The lowest BCUT2D eigenvalue weighted by Crippen LogP contribution is -2.13. The number of halogens is 2. The average Bonchev–Trinajstić information content (AvgIpc) is 2.46. The molecule has 0 aliphatic heterocycles. The van der Waals surface area contributed by atoms with E-state index in [-0.39, 0.29) is 6.10 Å². The van der Waals surface area contributed by atoms with Crippen molar-refractivity contribution < 1.29 is 4.74 Å². The van der Waals surface area contributed by atoms with E-state index in [1.807, 2.05) is 6.07 Å². The number of hydrogen-bond donors (Lipinski definition) is 0. The van der Waals surface area contributed by atoms with Gasteiger partial charge in [-0.1, -0.05) is 56.3 Å². The fourth-order valence-corrected chi connectivity index (χ4v) is 3.03. The van der Waals surface area contributed by atoms with E-state index in [1.54, 1.807) is 0 Å². The van der Waals surface area contributed by atoms with E-state index in [0.717, 1.165) is 16.2 Å². The first-order valence-corrected chi connectivity index (χ1v) is 8.96. The molecule has 0 amide bonds. The number of benzene rings is 1. The Bertz CT molecular complexity index is 461. The lowest BCUT2D eigenvalue weighted by Gasteiger charge is -2.18. The summed E-state index contributed by atoms with van der Waals surface area (Å²) >= 11 is 6.82. The maximum atomic E-state index is 6.05. The first-order chi connectivity index (χ1) is 10.0. The summed E-state index contributed by atoms with van der Waals surface area (Å²) in [7, 11) is 0. The fourth-order valence-electron chi connectivity index (χ4n) is 2.13. The molecule has 1 aromatic carbocycles. The summed E-state index contributed by atoms with van der Waals surface area (Å²) < 4.78 is 7.07. The third-order valence-corrected chi connectivity index (χ3v) is 3.92. The zero-order chi connectivity index (χ0) is 15.7. The zero-order valence-corrected chi connectivity index (χ0v) is 16.2. The normalized spacial score (nSPS) is 14.6. The van der Waals surface area contributed by atoms with Gasteiger partial charge in [-0.15, -0.1) is 0 Å². The van der Waals surface area contributed by atoms with Gasteiger partial charge in [-0.2, -0.15) is 0 Å². The van der Waals surface area contributed by atoms with E-state index in [4.69, 9.17) is 4.74 Å². The van der Waals surface area contributed by atoms with E-state index in [1.165, 1.54) is 11.1 Å². The molecule has 0 saturated heterocycles. The van der Waals surface area contributed by atoms with Crippen molar-refractivity contribution in [3.63, 3.8) is 0 Å². The second-order valence-corrected chi connectivity index (χ2v) is 8.08. The highest BCUT2D eigenvalue weighted by molar-refractivity contribution is 9.28. The average molecular weight is 416 g/mol. The molecule has 0 bridgehead atoms. The lowest BCUT2D eigenvalue weighted by molar-refractivity contribution is 0.0618. The predicted octanol–water partition coefficient (Wildman–Crippen LogP) is 6.59. The largest absolute Gasteiger partial charge is 0.369 e. The van der Waals surface area contributed by atoms with E-state index in [0.29, 0.717) is 12.5 Å². The third-order valence-electron chi connectivity index (χ3n) is 3.39. The molecule has 1 rings (SSSR count). The molecule has 0 aliphatic carbocycles. The monoisotopic (exact) mass is 414 g/mol. The molecule has 1 nitrogen and oxygen atoms in total. The Kier molecular flexibility index (Phi) is 9.21. The van der Waals surface area contributed by atoms with Gasteiger partial charge in [0.2, 0.25) is 0 Å². The molecule has 0 spiro atoms. The van der Waals surface area contributed by atoms with Crippen molar-refractivity contribution >= 4 is 31.9 Å². The Balaban J connectivity index is 2.52. The maximum Gasteiger partial charge on any atom is 0.0784 e. The quantitative estimate of drug-likeness (QED) is 0.435. The molecule has 3 heteroatoms. The van der Waals surface area contributed by atoms with Crippen LogP contribution in [0.1, 0.15) is 39.2 Å². The number of allylic oxidation sites excluding steroid dienone is 2.